The maximum atomic E-state index is 13.3. The number of aryl methyl sites for hydroxylation is 1. The Kier molecular flexibility index (Phi) is 7.24. The van der Waals surface area contributed by atoms with Crippen LogP contribution in [0.4, 0.5) is 0 Å². The molecule has 1 aromatic heterocycles. The van der Waals surface area contributed by atoms with Crippen molar-refractivity contribution in [1.82, 2.24) is 9.55 Å². The first-order valence-corrected chi connectivity index (χ1v) is 13.0. The Balaban J connectivity index is 1.82. The molecule has 5 rings (SSSR count). The average Bonchev–Trinajstić information content (AvgIpc) is 3.67. The van der Waals surface area contributed by atoms with Gasteiger partial charge in [0.25, 0.3) is 0 Å². The third-order valence-corrected chi connectivity index (χ3v) is 7.07. The van der Waals surface area contributed by atoms with Crippen LogP contribution in [0, 0.1) is 0 Å². The van der Waals surface area contributed by atoms with Gasteiger partial charge in [0, 0.05) is 23.5 Å². The zero-order chi connectivity index (χ0) is 27.7. The van der Waals surface area contributed by atoms with Gasteiger partial charge in [-0.25, -0.2) is 19.4 Å². The van der Waals surface area contributed by atoms with Gasteiger partial charge in [0.1, 0.15) is 5.82 Å². The average molecular weight is 531 g/mol. The molecule has 202 valence electrons. The zero-order valence-corrected chi connectivity index (χ0v) is 22.4. The summed E-state index contributed by atoms with van der Waals surface area (Å²) in [5.74, 6) is -0.587. The lowest BCUT2D eigenvalue weighted by Gasteiger charge is -2.15. The predicted octanol–water partition coefficient (Wildman–Crippen LogP) is 5.49. The van der Waals surface area contributed by atoms with E-state index in [0.717, 1.165) is 35.5 Å². The summed E-state index contributed by atoms with van der Waals surface area (Å²) >= 11 is 0. The van der Waals surface area contributed by atoms with Crippen LogP contribution in [-0.4, -0.2) is 48.3 Å². The highest BCUT2D eigenvalue weighted by Gasteiger charge is 2.37. The molecule has 0 radical (unpaired) electrons. The molecule has 0 bridgehead atoms. The Labute approximate surface area is 226 Å². The summed E-state index contributed by atoms with van der Waals surface area (Å²) in [6.07, 6.45) is 5.55. The molecule has 9 heteroatoms. The maximum absolute atomic E-state index is 13.3. The minimum atomic E-state index is -0.576. The number of nitrogens with zero attached hydrogens (tertiary/aromatic N) is 2. The first-order chi connectivity index (χ1) is 18.9. The van der Waals surface area contributed by atoms with Crippen LogP contribution < -0.4 is 0 Å². The largest absolute Gasteiger partial charge is 0.472 e. The molecule has 2 heterocycles. The second-order valence-corrected chi connectivity index (χ2v) is 9.34. The minimum absolute atomic E-state index is 0.208. The van der Waals surface area contributed by atoms with Gasteiger partial charge in [0.05, 0.1) is 56.7 Å². The molecule has 3 aliphatic rings. The second kappa shape index (κ2) is 10.8. The van der Waals surface area contributed by atoms with Crippen molar-refractivity contribution in [2.75, 3.05) is 20.8 Å². The number of carbonyl (C=O) groups excluding carboxylic acids is 3. The first-order valence-electron chi connectivity index (χ1n) is 13.0. The number of carbonyl (C=O) groups is 3. The summed E-state index contributed by atoms with van der Waals surface area (Å²) in [5, 5.41) is 0. The van der Waals surface area contributed by atoms with E-state index in [2.05, 4.69) is 0 Å². The Morgan fingerprint density at radius 2 is 1.72 bits per heavy atom. The number of methoxy groups -OCH3 is 2. The molecule has 0 unspecified atom stereocenters. The van der Waals surface area contributed by atoms with Crippen molar-refractivity contribution in [2.45, 2.75) is 45.6 Å². The van der Waals surface area contributed by atoms with E-state index in [4.69, 9.17) is 23.6 Å². The lowest BCUT2D eigenvalue weighted by Crippen LogP contribution is -2.17. The van der Waals surface area contributed by atoms with Crippen LogP contribution in [0.2, 0.25) is 0 Å². The molecule has 1 fully saturated rings. The Morgan fingerprint density at radius 1 is 0.974 bits per heavy atom. The molecule has 2 aliphatic carbocycles. The predicted molar refractivity (Wildman–Crippen MR) is 142 cm³/mol. The van der Waals surface area contributed by atoms with Gasteiger partial charge in [-0.05, 0) is 48.6 Å². The fraction of sp³-hybridized carbons (Fsp3) is 0.333. The fourth-order valence-electron chi connectivity index (χ4n) is 5.18. The molecule has 9 nitrogen and oxygen atoms in total. The van der Waals surface area contributed by atoms with Crippen LogP contribution >= 0.6 is 0 Å². The van der Waals surface area contributed by atoms with Gasteiger partial charge in [0.2, 0.25) is 0 Å². The van der Waals surface area contributed by atoms with Crippen molar-refractivity contribution >= 4 is 17.9 Å². The molecule has 2 aromatic rings. The SMILES string of the molecule is CCOC(=O)c1c(C2CC2)nc(CC)n1Cc1c2ccocc-2c(C(=O)OC)c1-c1ccccc1C(=O)OC. The zero-order valence-electron chi connectivity index (χ0n) is 22.4. The van der Waals surface area contributed by atoms with E-state index in [1.54, 1.807) is 37.3 Å². The standard InChI is InChI=1S/C30H30N2O7/c1-5-23-31-26(17-11-12-17)27(30(35)39-6-2)32(23)15-21-18-13-14-38-16-22(18)25(29(34)37-4)24(21)19-9-7-8-10-20(19)28(33)36-3/h7-10,13-14,16-17H,5-6,11-12,15H2,1-4H3. The molecule has 0 spiro atoms. The number of benzene rings is 1. The Morgan fingerprint density at radius 3 is 2.38 bits per heavy atom. The number of ether oxygens (including phenoxy) is 3. The van der Waals surface area contributed by atoms with Crippen LogP contribution in [0.3, 0.4) is 0 Å². The quantitative estimate of drug-likeness (QED) is 0.207. The molecule has 1 aliphatic heterocycles. The van der Waals surface area contributed by atoms with E-state index >= 15 is 0 Å². The summed E-state index contributed by atoms with van der Waals surface area (Å²) in [4.78, 5) is 44.2. The van der Waals surface area contributed by atoms with Gasteiger partial charge < -0.3 is 23.2 Å². The fourth-order valence-corrected chi connectivity index (χ4v) is 5.18. The normalized spacial score (nSPS) is 12.9. The van der Waals surface area contributed by atoms with Crippen LogP contribution in [0.1, 0.15) is 80.9 Å². The number of fused-ring (bicyclic) bond motifs is 1. The van der Waals surface area contributed by atoms with Crippen molar-refractivity contribution in [3.63, 3.8) is 0 Å². The Hall–Kier alpha value is -4.40. The van der Waals surface area contributed by atoms with Crippen LogP contribution in [0.15, 0.2) is 47.3 Å². The summed E-state index contributed by atoms with van der Waals surface area (Å²) in [7, 11) is 2.62. The third kappa shape index (κ3) is 4.58. The van der Waals surface area contributed by atoms with E-state index in [0.29, 0.717) is 34.4 Å². The molecular formula is C30H30N2O7. The molecule has 0 saturated heterocycles. The molecule has 1 saturated carbocycles. The maximum Gasteiger partial charge on any atom is 0.356 e. The molecule has 39 heavy (non-hydrogen) atoms. The lowest BCUT2D eigenvalue weighted by molar-refractivity contribution is 0.0510. The van der Waals surface area contributed by atoms with Gasteiger partial charge in [-0.15, -0.1) is 0 Å². The summed E-state index contributed by atoms with van der Waals surface area (Å²) in [6, 6.07) is 8.72. The number of esters is 3. The molecule has 0 N–H and O–H groups in total. The van der Waals surface area contributed by atoms with Gasteiger partial charge in [0.15, 0.2) is 5.69 Å². The van der Waals surface area contributed by atoms with Crippen molar-refractivity contribution in [3.8, 4) is 22.3 Å². The number of hydrogen-bond acceptors (Lipinski definition) is 8. The van der Waals surface area contributed by atoms with Gasteiger partial charge in [-0.3, -0.25) is 0 Å². The number of rotatable bonds is 9. The smallest absolute Gasteiger partial charge is 0.356 e. The van der Waals surface area contributed by atoms with E-state index in [1.165, 1.54) is 26.7 Å². The highest BCUT2D eigenvalue weighted by atomic mass is 16.5. The minimum Gasteiger partial charge on any atom is -0.472 e. The monoisotopic (exact) mass is 530 g/mol. The Bertz CT molecular complexity index is 1530. The summed E-state index contributed by atoms with van der Waals surface area (Å²) < 4.78 is 23.1. The van der Waals surface area contributed by atoms with E-state index in [9.17, 15) is 14.4 Å². The summed E-state index contributed by atoms with van der Waals surface area (Å²) in [5.41, 5.74) is 4.75. The van der Waals surface area contributed by atoms with E-state index < -0.39 is 17.9 Å². The summed E-state index contributed by atoms with van der Waals surface area (Å²) in [6.45, 7) is 4.20. The van der Waals surface area contributed by atoms with Crippen molar-refractivity contribution < 1.29 is 33.0 Å². The van der Waals surface area contributed by atoms with Gasteiger partial charge >= 0.3 is 17.9 Å². The number of imidazole rings is 1. The molecule has 1 aromatic carbocycles. The van der Waals surface area contributed by atoms with E-state index in [-0.39, 0.29) is 24.6 Å². The van der Waals surface area contributed by atoms with Crippen molar-refractivity contribution in [1.29, 1.82) is 0 Å². The molecule has 0 atom stereocenters. The number of aromatic nitrogens is 2. The van der Waals surface area contributed by atoms with Crippen molar-refractivity contribution in [2.24, 2.45) is 0 Å². The third-order valence-electron chi connectivity index (χ3n) is 7.07. The highest BCUT2D eigenvalue weighted by molar-refractivity contribution is 6.11. The highest BCUT2D eigenvalue weighted by Crippen LogP contribution is 2.46. The molecule has 0 amide bonds. The van der Waals surface area contributed by atoms with Gasteiger partial charge in [-0.1, -0.05) is 25.1 Å². The van der Waals surface area contributed by atoms with Gasteiger partial charge in [-0.2, -0.15) is 0 Å². The first kappa shape index (κ1) is 26.2. The van der Waals surface area contributed by atoms with E-state index in [1.807, 2.05) is 11.5 Å². The molecular weight excluding hydrogens is 500 g/mol. The van der Waals surface area contributed by atoms with Crippen LogP contribution in [-0.2, 0) is 27.2 Å². The van der Waals surface area contributed by atoms with Crippen LogP contribution in [0.5, 0.6) is 0 Å². The topological polar surface area (TPSA) is 110 Å². The second-order valence-electron chi connectivity index (χ2n) is 9.34. The van der Waals surface area contributed by atoms with Crippen LogP contribution in [0.25, 0.3) is 22.3 Å². The lowest BCUT2D eigenvalue weighted by atomic mass is 9.95. The van der Waals surface area contributed by atoms with Crippen molar-refractivity contribution in [3.05, 3.63) is 76.8 Å². The number of hydrogen-bond donors (Lipinski definition) is 0.